The first kappa shape index (κ1) is 16.3. The lowest BCUT2D eigenvalue weighted by Gasteiger charge is -2.22. The minimum absolute atomic E-state index is 0.0743. The average Bonchev–Trinajstić information content (AvgIpc) is 2.86. The number of hydrogen-bond acceptors (Lipinski definition) is 2. The van der Waals surface area contributed by atoms with E-state index in [-0.39, 0.29) is 11.3 Å². The summed E-state index contributed by atoms with van der Waals surface area (Å²) in [6.07, 6.45) is 0. The number of aryl methyl sites for hydroxylation is 2. The molecule has 0 aliphatic rings. The van der Waals surface area contributed by atoms with Crippen molar-refractivity contribution in [1.82, 2.24) is 9.78 Å². The molecule has 0 aliphatic heterocycles. The normalized spacial score (nSPS) is 11.7. The van der Waals surface area contributed by atoms with Gasteiger partial charge in [0, 0.05) is 5.41 Å². The van der Waals surface area contributed by atoms with E-state index in [9.17, 15) is 5.11 Å². The molecule has 1 aromatic heterocycles. The zero-order chi connectivity index (χ0) is 17.5. The zero-order valence-electron chi connectivity index (χ0n) is 15.0. The van der Waals surface area contributed by atoms with Crippen molar-refractivity contribution in [3.8, 4) is 22.7 Å². The quantitative estimate of drug-likeness (QED) is 0.708. The predicted molar refractivity (Wildman–Crippen MR) is 98.8 cm³/mol. The third-order valence-electron chi connectivity index (χ3n) is 4.16. The van der Waals surface area contributed by atoms with E-state index in [4.69, 9.17) is 0 Å². The highest BCUT2D eigenvalue weighted by Gasteiger charge is 2.29. The highest BCUT2D eigenvalue weighted by Crippen LogP contribution is 2.40. The molecule has 0 saturated carbocycles. The van der Waals surface area contributed by atoms with Gasteiger partial charge in [-0.2, -0.15) is 0 Å². The number of aromatic nitrogens is 2. The third kappa shape index (κ3) is 2.94. The summed E-state index contributed by atoms with van der Waals surface area (Å²) in [6.45, 7) is 10.6. The third-order valence-corrected chi connectivity index (χ3v) is 4.16. The molecule has 1 N–H and O–H groups in total. The van der Waals surface area contributed by atoms with Crippen LogP contribution in [0.2, 0.25) is 0 Å². The van der Waals surface area contributed by atoms with Gasteiger partial charge in [-0.25, -0.2) is 4.68 Å². The molecule has 24 heavy (non-hydrogen) atoms. The number of aromatic hydroxyl groups is 1. The molecule has 124 valence electrons. The molecule has 1 heterocycles. The highest BCUT2D eigenvalue weighted by atomic mass is 16.3. The van der Waals surface area contributed by atoms with Crippen molar-refractivity contribution in [2.45, 2.75) is 40.0 Å². The molecule has 2 aromatic carbocycles. The van der Waals surface area contributed by atoms with Crippen LogP contribution in [0, 0.1) is 13.8 Å². The Kier molecular flexibility index (Phi) is 3.96. The predicted octanol–water partition coefficient (Wildman–Crippen LogP) is 5.16. The van der Waals surface area contributed by atoms with Gasteiger partial charge in [0.1, 0.15) is 0 Å². The van der Waals surface area contributed by atoms with Gasteiger partial charge in [0.2, 0.25) is 5.88 Å². The Morgan fingerprint density at radius 3 is 2.17 bits per heavy atom. The summed E-state index contributed by atoms with van der Waals surface area (Å²) in [5.41, 5.74) is 5.97. The van der Waals surface area contributed by atoms with Gasteiger partial charge in [0.25, 0.3) is 0 Å². The lowest BCUT2D eigenvalue weighted by molar-refractivity contribution is 0.449. The van der Waals surface area contributed by atoms with Crippen LogP contribution < -0.4 is 0 Å². The van der Waals surface area contributed by atoms with Gasteiger partial charge >= 0.3 is 0 Å². The van der Waals surface area contributed by atoms with Gasteiger partial charge in [0.15, 0.2) is 0 Å². The summed E-state index contributed by atoms with van der Waals surface area (Å²) in [7, 11) is 0. The van der Waals surface area contributed by atoms with E-state index in [0.717, 1.165) is 22.5 Å². The molecule has 0 spiro atoms. The minimum Gasteiger partial charge on any atom is -0.492 e. The van der Waals surface area contributed by atoms with Gasteiger partial charge in [-0.05, 0) is 37.1 Å². The molecule has 3 aromatic rings. The number of nitrogens with zero attached hydrogens (tertiary/aromatic N) is 2. The molecule has 3 rings (SSSR count). The van der Waals surface area contributed by atoms with Crippen LogP contribution in [0.15, 0.2) is 48.5 Å². The molecule has 0 fully saturated rings. The van der Waals surface area contributed by atoms with Crippen molar-refractivity contribution in [3.63, 3.8) is 0 Å². The Labute approximate surface area is 143 Å². The number of rotatable bonds is 2. The lowest BCUT2D eigenvalue weighted by atomic mass is 9.86. The van der Waals surface area contributed by atoms with Crippen molar-refractivity contribution in [1.29, 1.82) is 0 Å². The van der Waals surface area contributed by atoms with Crippen molar-refractivity contribution in [2.75, 3.05) is 0 Å². The first-order valence-corrected chi connectivity index (χ1v) is 8.24. The van der Waals surface area contributed by atoms with Crippen LogP contribution in [0.4, 0.5) is 0 Å². The second-order valence-corrected chi connectivity index (χ2v) is 7.41. The maximum atomic E-state index is 10.6. The Balaban J connectivity index is 2.29. The second-order valence-electron chi connectivity index (χ2n) is 7.41. The molecule has 0 radical (unpaired) electrons. The standard InChI is InChI=1S/C21H24N2O/c1-14-9-11-16(12-10-14)18-19(21(3,4)5)23(22-20(18)24)17-8-6-7-15(2)13-17/h6-13H,1-5H3,(H,22,24). The first-order chi connectivity index (χ1) is 11.3. The first-order valence-electron chi connectivity index (χ1n) is 8.24. The summed E-state index contributed by atoms with van der Waals surface area (Å²) in [6, 6.07) is 16.4. The summed E-state index contributed by atoms with van der Waals surface area (Å²) in [5.74, 6) is 0.0743. The smallest absolute Gasteiger partial charge is 0.239 e. The number of hydrogen-bond donors (Lipinski definition) is 1. The van der Waals surface area contributed by atoms with E-state index in [1.165, 1.54) is 11.1 Å². The van der Waals surface area contributed by atoms with Crippen molar-refractivity contribution < 1.29 is 5.11 Å². The Hall–Kier alpha value is -2.55. The van der Waals surface area contributed by atoms with Crippen LogP contribution >= 0.6 is 0 Å². The van der Waals surface area contributed by atoms with Crippen LogP contribution in [-0.4, -0.2) is 14.9 Å². The molecule has 0 aliphatic carbocycles. The van der Waals surface area contributed by atoms with Crippen LogP contribution in [0.5, 0.6) is 5.88 Å². The SMILES string of the molecule is Cc1ccc(-c2c(O)nn(-c3cccc(C)c3)c2C(C)(C)C)cc1. The average molecular weight is 320 g/mol. The summed E-state index contributed by atoms with van der Waals surface area (Å²) >= 11 is 0. The largest absolute Gasteiger partial charge is 0.492 e. The molecule has 0 saturated heterocycles. The van der Waals surface area contributed by atoms with Gasteiger partial charge in [-0.3, -0.25) is 0 Å². The van der Waals surface area contributed by atoms with E-state index in [0.29, 0.717) is 0 Å². The van der Waals surface area contributed by atoms with Gasteiger partial charge in [-0.1, -0.05) is 62.7 Å². The summed E-state index contributed by atoms with van der Waals surface area (Å²) in [4.78, 5) is 0. The van der Waals surface area contributed by atoms with Crippen molar-refractivity contribution in [3.05, 3.63) is 65.4 Å². The summed E-state index contributed by atoms with van der Waals surface area (Å²) < 4.78 is 1.87. The van der Waals surface area contributed by atoms with Gasteiger partial charge in [-0.15, -0.1) is 5.10 Å². The molecule has 0 amide bonds. The van der Waals surface area contributed by atoms with E-state index < -0.39 is 0 Å². The van der Waals surface area contributed by atoms with E-state index in [1.807, 2.05) is 28.9 Å². The van der Waals surface area contributed by atoms with Gasteiger partial charge in [0.05, 0.1) is 16.9 Å². The summed E-state index contributed by atoms with van der Waals surface area (Å²) in [5, 5.41) is 15.1. The van der Waals surface area contributed by atoms with Crippen LogP contribution in [0.1, 0.15) is 37.6 Å². The molecular formula is C21H24N2O. The molecule has 3 nitrogen and oxygen atoms in total. The minimum atomic E-state index is -0.169. The highest BCUT2D eigenvalue weighted by molar-refractivity contribution is 5.73. The van der Waals surface area contributed by atoms with Crippen LogP contribution in [-0.2, 0) is 5.41 Å². The molecule has 0 atom stereocenters. The lowest BCUT2D eigenvalue weighted by Crippen LogP contribution is -2.18. The zero-order valence-corrected chi connectivity index (χ0v) is 15.0. The van der Waals surface area contributed by atoms with E-state index in [1.54, 1.807) is 0 Å². The second kappa shape index (κ2) is 5.82. The van der Waals surface area contributed by atoms with E-state index >= 15 is 0 Å². The van der Waals surface area contributed by atoms with Crippen molar-refractivity contribution >= 4 is 0 Å². The molecular weight excluding hydrogens is 296 g/mol. The fourth-order valence-electron chi connectivity index (χ4n) is 3.03. The Morgan fingerprint density at radius 1 is 0.917 bits per heavy atom. The maximum absolute atomic E-state index is 10.6. The van der Waals surface area contributed by atoms with Crippen molar-refractivity contribution in [2.24, 2.45) is 0 Å². The fraction of sp³-hybridized carbons (Fsp3) is 0.286. The van der Waals surface area contributed by atoms with Crippen LogP contribution in [0.25, 0.3) is 16.8 Å². The molecule has 0 unspecified atom stereocenters. The van der Waals surface area contributed by atoms with E-state index in [2.05, 4.69) is 64.0 Å². The molecule has 0 bridgehead atoms. The Bertz CT molecular complexity index is 868. The Morgan fingerprint density at radius 2 is 1.58 bits per heavy atom. The number of benzene rings is 2. The van der Waals surface area contributed by atoms with Crippen LogP contribution in [0.3, 0.4) is 0 Å². The monoisotopic (exact) mass is 320 g/mol. The molecule has 3 heteroatoms. The van der Waals surface area contributed by atoms with Gasteiger partial charge < -0.3 is 5.11 Å². The fourth-order valence-corrected chi connectivity index (χ4v) is 3.03. The maximum Gasteiger partial charge on any atom is 0.239 e. The topological polar surface area (TPSA) is 38.1 Å².